The number of rotatable bonds is 2. The lowest BCUT2D eigenvalue weighted by Gasteiger charge is -2.17. The van der Waals surface area contributed by atoms with Crippen molar-refractivity contribution in [1.82, 2.24) is 4.98 Å². The number of nitrogens with zero attached hydrogens (tertiary/aromatic N) is 2. The fourth-order valence-electron chi connectivity index (χ4n) is 1.80. The van der Waals surface area contributed by atoms with Crippen LogP contribution in [0.5, 0.6) is 0 Å². The highest BCUT2D eigenvalue weighted by Gasteiger charge is 2.17. The van der Waals surface area contributed by atoms with Gasteiger partial charge in [0.25, 0.3) is 0 Å². The molecule has 0 bridgehead atoms. The molecule has 1 fully saturated rings. The van der Waals surface area contributed by atoms with E-state index in [2.05, 4.69) is 9.88 Å². The maximum absolute atomic E-state index is 10.6. The molecule has 0 unspecified atom stereocenters. The van der Waals surface area contributed by atoms with Gasteiger partial charge in [-0.3, -0.25) is 0 Å². The Bertz CT molecular complexity index is 340. The van der Waals surface area contributed by atoms with Crippen LogP contribution in [0.1, 0.15) is 36.4 Å². The maximum Gasteiger partial charge on any atom is 0.392 e. The third kappa shape index (κ3) is 2.29. The molecule has 1 N–H and O–H groups in total. The second-order valence-electron chi connectivity index (χ2n) is 3.71. The van der Waals surface area contributed by atoms with E-state index in [4.69, 9.17) is 9.52 Å². The molecule has 82 valence electrons. The molecule has 2 heterocycles. The first-order chi connectivity index (χ1) is 7.27. The van der Waals surface area contributed by atoms with Gasteiger partial charge in [0.05, 0.1) is 6.20 Å². The summed E-state index contributed by atoms with van der Waals surface area (Å²) < 4.78 is 5.16. The predicted molar refractivity (Wildman–Crippen MR) is 54.1 cm³/mol. The van der Waals surface area contributed by atoms with Crippen LogP contribution in [0.4, 0.5) is 5.88 Å². The third-order valence-electron chi connectivity index (χ3n) is 2.59. The number of carbonyl (C=O) groups is 1. The minimum absolute atomic E-state index is 0.228. The summed E-state index contributed by atoms with van der Waals surface area (Å²) in [5.41, 5.74) is 0. The van der Waals surface area contributed by atoms with E-state index in [1.807, 2.05) is 0 Å². The zero-order chi connectivity index (χ0) is 10.7. The summed E-state index contributed by atoms with van der Waals surface area (Å²) in [4.78, 5) is 16.4. The van der Waals surface area contributed by atoms with E-state index in [1.54, 1.807) is 0 Å². The first kappa shape index (κ1) is 10.0. The molecule has 0 amide bonds. The van der Waals surface area contributed by atoms with Gasteiger partial charge in [-0.25, -0.2) is 9.78 Å². The Balaban J connectivity index is 2.10. The molecule has 5 nitrogen and oxygen atoms in total. The molecule has 0 aliphatic carbocycles. The van der Waals surface area contributed by atoms with Crippen molar-refractivity contribution in [2.75, 3.05) is 18.0 Å². The van der Waals surface area contributed by atoms with Crippen molar-refractivity contribution in [3.05, 3.63) is 12.1 Å². The highest BCUT2D eigenvalue weighted by Crippen LogP contribution is 2.20. The van der Waals surface area contributed by atoms with Crippen LogP contribution < -0.4 is 4.90 Å². The first-order valence-corrected chi connectivity index (χ1v) is 5.21. The zero-order valence-corrected chi connectivity index (χ0v) is 8.48. The van der Waals surface area contributed by atoms with Gasteiger partial charge in [-0.15, -0.1) is 0 Å². The molecule has 1 aliphatic rings. The van der Waals surface area contributed by atoms with Crippen molar-refractivity contribution in [3.8, 4) is 0 Å². The van der Waals surface area contributed by atoms with Gasteiger partial charge in [-0.1, -0.05) is 12.8 Å². The summed E-state index contributed by atoms with van der Waals surface area (Å²) in [5, 5.41) is 8.68. The Morgan fingerprint density at radius 2 is 2.00 bits per heavy atom. The summed E-state index contributed by atoms with van der Waals surface area (Å²) in [6, 6.07) is 0. The molecule has 0 radical (unpaired) electrons. The molecule has 1 saturated heterocycles. The topological polar surface area (TPSA) is 66.6 Å². The minimum Gasteiger partial charge on any atom is -0.474 e. The highest BCUT2D eigenvalue weighted by molar-refractivity contribution is 5.82. The van der Waals surface area contributed by atoms with E-state index in [-0.39, 0.29) is 5.89 Å². The zero-order valence-electron chi connectivity index (χ0n) is 8.48. The molecule has 15 heavy (non-hydrogen) atoms. The number of hydrogen-bond acceptors (Lipinski definition) is 4. The lowest BCUT2D eigenvalue weighted by molar-refractivity contribution is 0.0654. The van der Waals surface area contributed by atoms with Crippen LogP contribution in [-0.4, -0.2) is 29.1 Å². The number of aromatic nitrogens is 1. The second-order valence-corrected chi connectivity index (χ2v) is 3.71. The molecule has 5 heteroatoms. The quantitative estimate of drug-likeness (QED) is 0.805. The third-order valence-corrected chi connectivity index (χ3v) is 2.59. The van der Waals surface area contributed by atoms with Gasteiger partial charge in [0, 0.05) is 13.1 Å². The van der Waals surface area contributed by atoms with Crippen LogP contribution in [0.3, 0.4) is 0 Å². The average Bonchev–Trinajstić information content (AvgIpc) is 2.55. The molecular weight excluding hydrogens is 196 g/mol. The van der Waals surface area contributed by atoms with Crippen molar-refractivity contribution in [2.45, 2.75) is 25.7 Å². The maximum atomic E-state index is 10.6. The van der Waals surface area contributed by atoms with E-state index in [0.717, 1.165) is 25.9 Å². The van der Waals surface area contributed by atoms with Gasteiger partial charge in [-0.05, 0) is 12.8 Å². The van der Waals surface area contributed by atoms with Crippen molar-refractivity contribution < 1.29 is 14.3 Å². The van der Waals surface area contributed by atoms with Crippen molar-refractivity contribution in [3.63, 3.8) is 0 Å². The Hall–Kier alpha value is -1.52. The van der Waals surface area contributed by atoms with E-state index in [0.29, 0.717) is 5.88 Å². The summed E-state index contributed by atoms with van der Waals surface area (Å²) in [6.45, 7) is 1.85. The number of carboxylic acid groups (broad SMARTS) is 1. The van der Waals surface area contributed by atoms with E-state index < -0.39 is 5.97 Å². The first-order valence-electron chi connectivity index (χ1n) is 5.21. The molecule has 1 aromatic rings. The highest BCUT2D eigenvalue weighted by atomic mass is 16.4. The van der Waals surface area contributed by atoms with Gasteiger partial charge in [0.15, 0.2) is 0 Å². The predicted octanol–water partition coefficient (Wildman–Crippen LogP) is 1.75. The van der Waals surface area contributed by atoms with E-state index >= 15 is 0 Å². The lowest BCUT2D eigenvalue weighted by atomic mass is 10.2. The SMILES string of the molecule is O=C(O)c1ncc(N2CCCCCC2)o1. The number of anilines is 1. The van der Waals surface area contributed by atoms with E-state index in [1.165, 1.54) is 19.0 Å². The van der Waals surface area contributed by atoms with Gasteiger partial charge in [0.2, 0.25) is 5.88 Å². The molecule has 0 saturated carbocycles. The van der Waals surface area contributed by atoms with Gasteiger partial charge >= 0.3 is 11.9 Å². The molecule has 1 aliphatic heterocycles. The van der Waals surface area contributed by atoms with Crippen molar-refractivity contribution in [2.24, 2.45) is 0 Å². The van der Waals surface area contributed by atoms with Crippen LogP contribution in [0.2, 0.25) is 0 Å². The Morgan fingerprint density at radius 3 is 2.53 bits per heavy atom. The number of aromatic carboxylic acids is 1. The normalized spacial score (nSPS) is 17.5. The fourth-order valence-corrected chi connectivity index (χ4v) is 1.80. The lowest BCUT2D eigenvalue weighted by Crippen LogP contribution is -2.23. The summed E-state index contributed by atoms with van der Waals surface area (Å²) in [7, 11) is 0. The standard InChI is InChI=1S/C10H14N2O3/c13-10(14)9-11-7-8(15-9)12-5-3-1-2-4-6-12/h7H,1-6H2,(H,13,14). The smallest absolute Gasteiger partial charge is 0.392 e. The molecule has 1 aromatic heterocycles. The van der Waals surface area contributed by atoms with E-state index in [9.17, 15) is 4.79 Å². The van der Waals surface area contributed by atoms with Gasteiger partial charge in [-0.2, -0.15) is 0 Å². The fraction of sp³-hybridized carbons (Fsp3) is 0.600. The number of hydrogen-bond donors (Lipinski definition) is 1. The summed E-state index contributed by atoms with van der Waals surface area (Å²) in [5.74, 6) is -0.764. The molecular formula is C10H14N2O3. The monoisotopic (exact) mass is 210 g/mol. The molecule has 0 spiro atoms. The summed E-state index contributed by atoms with van der Waals surface area (Å²) in [6.07, 6.45) is 6.22. The largest absolute Gasteiger partial charge is 0.474 e. The molecule has 0 atom stereocenters. The van der Waals surface area contributed by atoms with Gasteiger partial charge in [0.1, 0.15) is 0 Å². The number of oxazole rings is 1. The van der Waals surface area contributed by atoms with Crippen LogP contribution in [-0.2, 0) is 0 Å². The van der Waals surface area contributed by atoms with Gasteiger partial charge < -0.3 is 14.4 Å². The summed E-state index contributed by atoms with van der Waals surface area (Å²) >= 11 is 0. The van der Waals surface area contributed by atoms with Crippen molar-refractivity contribution in [1.29, 1.82) is 0 Å². The molecule has 0 aromatic carbocycles. The van der Waals surface area contributed by atoms with Crippen molar-refractivity contribution >= 4 is 11.9 Å². The van der Waals surface area contributed by atoms with Crippen LogP contribution >= 0.6 is 0 Å². The van der Waals surface area contributed by atoms with Crippen LogP contribution in [0.15, 0.2) is 10.6 Å². The minimum atomic E-state index is -1.11. The second kappa shape index (κ2) is 4.33. The Labute approximate surface area is 87.7 Å². The van der Waals surface area contributed by atoms with Crippen LogP contribution in [0.25, 0.3) is 0 Å². The van der Waals surface area contributed by atoms with Crippen LogP contribution in [0, 0.1) is 0 Å². The molecule has 2 rings (SSSR count). The Morgan fingerprint density at radius 1 is 1.33 bits per heavy atom. The number of carboxylic acids is 1. The average molecular weight is 210 g/mol. The Kier molecular flexibility index (Phi) is 2.89.